The maximum Gasteiger partial charge on any atom is 0.290 e. The summed E-state index contributed by atoms with van der Waals surface area (Å²) in [6.45, 7) is 6.16. The Kier molecular flexibility index (Phi) is 6.53. The van der Waals surface area contributed by atoms with Crippen LogP contribution in [0, 0.1) is 13.8 Å². The van der Waals surface area contributed by atoms with E-state index >= 15 is 0 Å². The Hall–Kier alpha value is -4.27. The molecule has 34 heavy (non-hydrogen) atoms. The lowest BCUT2D eigenvalue weighted by Crippen LogP contribution is -2.42. The molecule has 0 aliphatic carbocycles. The zero-order valence-electron chi connectivity index (χ0n) is 19.2. The minimum Gasteiger partial charge on any atom is -0.441 e. The van der Waals surface area contributed by atoms with Gasteiger partial charge in [-0.15, -0.1) is 0 Å². The fourth-order valence-electron chi connectivity index (χ4n) is 3.54. The van der Waals surface area contributed by atoms with E-state index in [1.54, 1.807) is 37.4 Å². The monoisotopic (exact) mass is 459 g/mol. The molecule has 0 spiro atoms. The first-order valence-electron chi connectivity index (χ1n) is 11.0. The highest BCUT2D eigenvalue weighted by molar-refractivity contribution is 6.05. The highest BCUT2D eigenvalue weighted by Crippen LogP contribution is 2.23. The fourth-order valence-corrected chi connectivity index (χ4v) is 3.54. The van der Waals surface area contributed by atoms with Crippen molar-refractivity contribution in [2.75, 3.05) is 0 Å². The van der Waals surface area contributed by atoms with Gasteiger partial charge in [0.1, 0.15) is 0 Å². The molecule has 4 aromatic rings. The summed E-state index contributed by atoms with van der Waals surface area (Å²) in [6.07, 6.45) is 1.97. The number of nitrogens with one attached hydrogen (secondary N) is 2. The molecule has 174 valence electrons. The van der Waals surface area contributed by atoms with Crippen LogP contribution >= 0.6 is 0 Å². The zero-order valence-corrected chi connectivity index (χ0v) is 19.2. The van der Waals surface area contributed by atoms with Gasteiger partial charge in [0.15, 0.2) is 17.3 Å². The number of nitrogens with zero attached hydrogens (tertiary/aromatic N) is 3. The number of hydrazine groups is 1. The second-order valence-electron chi connectivity index (χ2n) is 7.93. The summed E-state index contributed by atoms with van der Waals surface area (Å²) in [5.41, 5.74) is 7.81. The number of benzene rings is 2. The van der Waals surface area contributed by atoms with Crippen molar-refractivity contribution in [3.8, 4) is 11.3 Å². The lowest BCUT2D eigenvalue weighted by Gasteiger charge is -2.10. The fraction of sp³-hybridized carbons (Fsp3) is 0.240. The highest BCUT2D eigenvalue weighted by atomic mass is 16.4. The Bertz CT molecular complexity index is 1440. The van der Waals surface area contributed by atoms with Gasteiger partial charge in [-0.25, -0.2) is 9.67 Å². The molecule has 0 saturated heterocycles. The van der Waals surface area contributed by atoms with Crippen LogP contribution in [0.4, 0.5) is 0 Å². The summed E-state index contributed by atoms with van der Waals surface area (Å²) in [5.74, 6) is 0.0421. The molecular weight excluding hydrogens is 434 g/mol. The summed E-state index contributed by atoms with van der Waals surface area (Å²) < 4.78 is 6.99. The number of aryl methyl sites for hydroxylation is 4. The van der Waals surface area contributed by atoms with E-state index in [9.17, 15) is 14.4 Å². The van der Waals surface area contributed by atoms with E-state index in [2.05, 4.69) is 20.9 Å². The first-order chi connectivity index (χ1) is 16.4. The maximum absolute atomic E-state index is 12.7. The topological polar surface area (TPSA) is 119 Å². The lowest BCUT2D eigenvalue weighted by atomic mass is 10.1. The molecular formula is C25H25N5O4. The van der Waals surface area contributed by atoms with Crippen LogP contribution in [0.5, 0.6) is 0 Å². The average Bonchev–Trinajstić information content (AvgIpc) is 3.32. The van der Waals surface area contributed by atoms with Gasteiger partial charge in [0.2, 0.25) is 5.91 Å². The predicted octanol–water partition coefficient (Wildman–Crippen LogP) is 3.08. The number of hydrogen-bond acceptors (Lipinski definition) is 6. The van der Waals surface area contributed by atoms with Gasteiger partial charge in [0.05, 0.1) is 11.6 Å². The lowest BCUT2D eigenvalue weighted by molar-refractivity contribution is -0.121. The number of amides is 2. The molecule has 0 aliphatic heterocycles. The van der Waals surface area contributed by atoms with Crippen molar-refractivity contribution < 1.29 is 14.0 Å². The van der Waals surface area contributed by atoms with Crippen LogP contribution in [0.2, 0.25) is 0 Å². The van der Waals surface area contributed by atoms with Crippen molar-refractivity contribution in [2.24, 2.45) is 0 Å². The molecule has 0 saturated carbocycles. The normalized spacial score (nSPS) is 10.9. The minimum absolute atomic E-state index is 0.0584. The third-order valence-electron chi connectivity index (χ3n) is 5.61. The van der Waals surface area contributed by atoms with E-state index < -0.39 is 11.8 Å². The highest BCUT2D eigenvalue weighted by Gasteiger charge is 2.17. The number of rotatable bonds is 6. The van der Waals surface area contributed by atoms with Crippen LogP contribution in [-0.2, 0) is 17.8 Å². The third-order valence-corrected chi connectivity index (χ3v) is 5.61. The van der Waals surface area contributed by atoms with Crippen LogP contribution in [-0.4, -0.2) is 26.6 Å². The minimum atomic E-state index is -0.611. The van der Waals surface area contributed by atoms with E-state index in [0.29, 0.717) is 29.0 Å². The van der Waals surface area contributed by atoms with Crippen LogP contribution in [0.15, 0.2) is 57.9 Å². The number of aromatic nitrogens is 3. The van der Waals surface area contributed by atoms with Crippen molar-refractivity contribution in [2.45, 2.75) is 40.2 Å². The zero-order chi connectivity index (χ0) is 24.2. The summed E-state index contributed by atoms with van der Waals surface area (Å²) in [6, 6.07) is 12.8. The summed E-state index contributed by atoms with van der Waals surface area (Å²) in [5, 5.41) is 4.96. The van der Waals surface area contributed by atoms with E-state index in [-0.39, 0.29) is 24.1 Å². The first kappa shape index (κ1) is 22.9. The number of hydrogen-bond donors (Lipinski definition) is 2. The predicted molar refractivity (Wildman–Crippen MR) is 127 cm³/mol. The molecule has 0 aliphatic rings. The molecule has 0 atom stereocenters. The Labute approximate surface area is 195 Å². The number of carbonyl (C=O) groups excluding carboxylic acids is 2. The largest absolute Gasteiger partial charge is 0.441 e. The molecule has 4 rings (SSSR count). The first-order valence-corrected chi connectivity index (χ1v) is 11.0. The Balaban J connectivity index is 1.37. The van der Waals surface area contributed by atoms with Gasteiger partial charge >= 0.3 is 0 Å². The van der Waals surface area contributed by atoms with Gasteiger partial charge in [-0.2, -0.15) is 5.10 Å². The van der Waals surface area contributed by atoms with Crippen LogP contribution in [0.1, 0.15) is 40.9 Å². The Morgan fingerprint density at radius 1 is 1.03 bits per heavy atom. The van der Waals surface area contributed by atoms with Gasteiger partial charge in [-0.05, 0) is 44.0 Å². The molecule has 2 aromatic carbocycles. The number of carbonyl (C=O) groups is 2. The Morgan fingerprint density at radius 3 is 2.53 bits per heavy atom. The molecule has 2 aromatic heterocycles. The average molecular weight is 460 g/mol. The van der Waals surface area contributed by atoms with Crippen molar-refractivity contribution in [3.63, 3.8) is 0 Å². The molecule has 0 fully saturated rings. The van der Waals surface area contributed by atoms with Gasteiger partial charge in [-0.1, -0.05) is 30.3 Å². The standard InChI is InChI=1S/C25H25N5O4/c1-4-30-25(33)19-8-6-5-7-18(19)23(29-30)24(32)28-27-21(31)11-12-22-26-14-20(34-22)17-10-9-15(2)16(3)13-17/h5-10,13-14H,4,11-12H2,1-3H3,(H,27,31)(H,28,32). The van der Waals surface area contributed by atoms with Gasteiger partial charge in [0.25, 0.3) is 11.5 Å². The van der Waals surface area contributed by atoms with Crippen molar-refractivity contribution in [1.82, 2.24) is 25.6 Å². The molecule has 9 heteroatoms. The summed E-state index contributed by atoms with van der Waals surface area (Å²) >= 11 is 0. The quantitative estimate of drug-likeness (QED) is 0.428. The van der Waals surface area contributed by atoms with Crippen molar-refractivity contribution in [3.05, 3.63) is 81.7 Å². The van der Waals surface area contributed by atoms with E-state index in [1.807, 2.05) is 32.0 Å². The third kappa shape index (κ3) is 4.73. The van der Waals surface area contributed by atoms with Crippen LogP contribution < -0.4 is 16.4 Å². The van der Waals surface area contributed by atoms with Gasteiger partial charge in [0, 0.05) is 30.3 Å². The Morgan fingerprint density at radius 2 is 1.79 bits per heavy atom. The molecule has 2 N–H and O–H groups in total. The van der Waals surface area contributed by atoms with Crippen LogP contribution in [0.25, 0.3) is 22.1 Å². The molecule has 2 heterocycles. The van der Waals surface area contributed by atoms with E-state index in [0.717, 1.165) is 11.1 Å². The number of oxazole rings is 1. The maximum atomic E-state index is 12.7. The second-order valence-corrected chi connectivity index (χ2v) is 7.93. The second kappa shape index (κ2) is 9.70. The van der Waals surface area contributed by atoms with Gasteiger partial charge in [-0.3, -0.25) is 25.2 Å². The molecule has 9 nitrogen and oxygen atoms in total. The van der Waals surface area contributed by atoms with E-state index in [1.165, 1.54) is 10.2 Å². The van der Waals surface area contributed by atoms with E-state index in [4.69, 9.17) is 4.42 Å². The van der Waals surface area contributed by atoms with Crippen molar-refractivity contribution in [1.29, 1.82) is 0 Å². The number of fused-ring (bicyclic) bond motifs is 1. The molecule has 2 amide bonds. The van der Waals surface area contributed by atoms with Gasteiger partial charge < -0.3 is 4.42 Å². The molecule has 0 unspecified atom stereocenters. The van der Waals surface area contributed by atoms with Crippen LogP contribution in [0.3, 0.4) is 0 Å². The van der Waals surface area contributed by atoms with Crippen molar-refractivity contribution >= 4 is 22.6 Å². The molecule has 0 bridgehead atoms. The SMILES string of the molecule is CCn1nc(C(=O)NNC(=O)CCc2ncc(-c3ccc(C)c(C)c3)o2)c2ccccc2c1=O. The summed E-state index contributed by atoms with van der Waals surface area (Å²) in [4.78, 5) is 41.6. The summed E-state index contributed by atoms with van der Waals surface area (Å²) in [7, 11) is 0. The smallest absolute Gasteiger partial charge is 0.290 e. The molecule has 0 radical (unpaired) electrons.